The molecular formula is C34H35Cl2FN6O3. The number of aromatic nitrogens is 5. The lowest BCUT2D eigenvalue weighted by molar-refractivity contribution is 0.0697. The average molecular weight is 666 g/mol. The third-order valence-electron chi connectivity index (χ3n) is 8.83. The van der Waals surface area contributed by atoms with Gasteiger partial charge in [-0.15, -0.1) is 0 Å². The third-order valence-corrected chi connectivity index (χ3v) is 9.36. The van der Waals surface area contributed by atoms with Crippen molar-refractivity contribution in [2.75, 3.05) is 19.8 Å². The summed E-state index contributed by atoms with van der Waals surface area (Å²) in [6.07, 6.45) is 7.37. The zero-order chi connectivity index (χ0) is 32.3. The number of carboxylic acid groups (broad SMARTS) is 1. The lowest BCUT2D eigenvalue weighted by Gasteiger charge is -2.40. The minimum atomic E-state index is -0.979. The molecule has 0 atom stereocenters. The molecule has 2 aromatic carbocycles. The van der Waals surface area contributed by atoms with E-state index in [-0.39, 0.29) is 12.2 Å². The van der Waals surface area contributed by atoms with Gasteiger partial charge in [-0.05, 0) is 93.4 Å². The number of ether oxygens (including phenoxy) is 1. The predicted molar refractivity (Wildman–Crippen MR) is 175 cm³/mol. The Kier molecular flexibility index (Phi) is 9.58. The first-order chi connectivity index (χ1) is 22.3. The normalized spacial score (nSPS) is 15.0. The second kappa shape index (κ2) is 13.8. The molecule has 0 saturated carbocycles. The molecule has 12 heteroatoms. The number of pyridine rings is 1. The van der Waals surface area contributed by atoms with Crippen LogP contribution in [0.25, 0.3) is 11.0 Å². The predicted octanol–water partition coefficient (Wildman–Crippen LogP) is 7.07. The SMILES string of the molecule is CCn1cncc1Cn1c(CN2CCC(CF)(Cc3ccnc(COc4ccc(Cl)cc4Cl)c3)CC2)nc2ccc(C(=O)O)cc21. The quantitative estimate of drug-likeness (QED) is 0.152. The van der Waals surface area contributed by atoms with Crippen LogP contribution in [0, 0.1) is 5.41 Å². The molecule has 0 radical (unpaired) electrons. The number of rotatable bonds is 12. The van der Waals surface area contributed by atoms with Gasteiger partial charge < -0.3 is 19.0 Å². The molecule has 0 bridgehead atoms. The van der Waals surface area contributed by atoms with Crippen molar-refractivity contribution in [3.63, 3.8) is 0 Å². The molecule has 0 aliphatic carbocycles. The van der Waals surface area contributed by atoms with Gasteiger partial charge in [0.1, 0.15) is 18.2 Å². The summed E-state index contributed by atoms with van der Waals surface area (Å²) in [7, 11) is 0. The third kappa shape index (κ3) is 7.04. The number of alkyl halides is 1. The molecular weight excluding hydrogens is 630 g/mol. The largest absolute Gasteiger partial charge is 0.486 e. The Bertz CT molecular complexity index is 1850. The van der Waals surface area contributed by atoms with E-state index in [1.165, 1.54) is 0 Å². The van der Waals surface area contributed by atoms with E-state index in [1.54, 1.807) is 48.9 Å². The maximum atomic E-state index is 14.8. The number of benzene rings is 2. The average Bonchev–Trinajstić information content (AvgIpc) is 3.65. The maximum Gasteiger partial charge on any atom is 0.335 e. The Morgan fingerprint density at radius 1 is 1.09 bits per heavy atom. The number of fused-ring (bicyclic) bond motifs is 1. The van der Waals surface area contributed by atoms with Crippen LogP contribution in [-0.2, 0) is 32.7 Å². The topological polar surface area (TPSA) is 98.3 Å². The first-order valence-electron chi connectivity index (χ1n) is 15.3. The smallest absolute Gasteiger partial charge is 0.335 e. The van der Waals surface area contributed by atoms with E-state index < -0.39 is 18.1 Å². The fourth-order valence-corrected chi connectivity index (χ4v) is 6.63. The first kappa shape index (κ1) is 32.0. The molecule has 240 valence electrons. The number of likely N-dealkylation sites (tertiary alicyclic amines) is 1. The molecule has 46 heavy (non-hydrogen) atoms. The van der Waals surface area contributed by atoms with Crippen LogP contribution in [0.15, 0.2) is 67.3 Å². The number of hydrogen-bond donors (Lipinski definition) is 1. The number of carbonyl (C=O) groups is 1. The summed E-state index contributed by atoms with van der Waals surface area (Å²) in [6.45, 7) is 5.19. The van der Waals surface area contributed by atoms with Crippen molar-refractivity contribution >= 4 is 40.2 Å². The summed E-state index contributed by atoms with van der Waals surface area (Å²) >= 11 is 12.2. The second-order valence-corrected chi connectivity index (χ2v) is 12.7. The van der Waals surface area contributed by atoms with Crippen molar-refractivity contribution in [3.05, 3.63) is 106 Å². The Balaban J connectivity index is 1.15. The van der Waals surface area contributed by atoms with Crippen LogP contribution in [0.1, 0.15) is 52.9 Å². The highest BCUT2D eigenvalue weighted by Gasteiger charge is 2.35. The summed E-state index contributed by atoms with van der Waals surface area (Å²) in [5, 5.41) is 10.6. The van der Waals surface area contributed by atoms with E-state index in [2.05, 4.69) is 30.9 Å². The molecule has 1 N–H and O–H groups in total. The fourth-order valence-electron chi connectivity index (χ4n) is 6.17. The molecule has 4 heterocycles. The monoisotopic (exact) mass is 664 g/mol. The molecule has 1 aliphatic rings. The van der Waals surface area contributed by atoms with Crippen LogP contribution >= 0.6 is 23.2 Å². The molecule has 0 spiro atoms. The van der Waals surface area contributed by atoms with Crippen LogP contribution in [0.4, 0.5) is 4.39 Å². The Hall–Kier alpha value is -3.99. The lowest BCUT2D eigenvalue weighted by Crippen LogP contribution is -2.42. The number of aromatic carboxylic acids is 1. The number of piperidine rings is 1. The van der Waals surface area contributed by atoms with E-state index >= 15 is 0 Å². The zero-order valence-electron chi connectivity index (χ0n) is 25.5. The summed E-state index contributed by atoms with van der Waals surface area (Å²) < 4.78 is 24.8. The molecule has 5 aromatic rings. The van der Waals surface area contributed by atoms with Gasteiger partial charge in [0.05, 0.1) is 59.1 Å². The van der Waals surface area contributed by atoms with Gasteiger partial charge in [0.2, 0.25) is 0 Å². The molecule has 1 saturated heterocycles. The highest BCUT2D eigenvalue weighted by molar-refractivity contribution is 6.35. The van der Waals surface area contributed by atoms with Crippen LogP contribution < -0.4 is 4.74 Å². The Labute approximate surface area is 276 Å². The van der Waals surface area contributed by atoms with Gasteiger partial charge in [-0.25, -0.2) is 14.8 Å². The van der Waals surface area contributed by atoms with E-state index in [0.29, 0.717) is 48.1 Å². The van der Waals surface area contributed by atoms with Crippen molar-refractivity contribution in [2.24, 2.45) is 5.41 Å². The van der Waals surface area contributed by atoms with Crippen molar-refractivity contribution in [1.82, 2.24) is 29.0 Å². The zero-order valence-corrected chi connectivity index (χ0v) is 27.0. The number of aryl methyl sites for hydroxylation is 1. The van der Waals surface area contributed by atoms with Gasteiger partial charge in [-0.1, -0.05) is 23.2 Å². The molecule has 0 unspecified atom stereocenters. The van der Waals surface area contributed by atoms with Gasteiger partial charge in [-0.2, -0.15) is 0 Å². The van der Waals surface area contributed by atoms with E-state index in [1.807, 2.05) is 18.3 Å². The van der Waals surface area contributed by atoms with Crippen LogP contribution in [0.5, 0.6) is 5.75 Å². The van der Waals surface area contributed by atoms with Gasteiger partial charge in [0, 0.05) is 29.4 Å². The number of nitrogens with zero attached hydrogens (tertiary/aromatic N) is 6. The molecule has 3 aromatic heterocycles. The van der Waals surface area contributed by atoms with Crippen LogP contribution in [-0.4, -0.2) is 59.8 Å². The molecule has 6 rings (SSSR count). The molecule has 0 amide bonds. The van der Waals surface area contributed by atoms with Crippen molar-refractivity contribution in [1.29, 1.82) is 0 Å². The maximum absolute atomic E-state index is 14.8. The standard InChI is InChI=1S/C34H35Cl2FN6O3/c1-2-42-22-38-17-27(42)18-43-30-14-24(33(44)45)3-5-29(30)40-32(43)19-41-11-8-34(21-37,9-12-41)16-23-7-10-39-26(13-23)20-46-31-6-4-25(35)15-28(31)36/h3-7,10,13-15,17,22H,2,8-9,11-12,16,18-21H2,1H3,(H,44,45). The van der Waals surface area contributed by atoms with E-state index in [4.69, 9.17) is 32.9 Å². The van der Waals surface area contributed by atoms with Gasteiger partial charge in [0.25, 0.3) is 0 Å². The number of halogens is 3. The van der Waals surface area contributed by atoms with Gasteiger partial charge in [0.15, 0.2) is 0 Å². The minimum absolute atomic E-state index is 0.217. The lowest BCUT2D eigenvalue weighted by atomic mass is 9.75. The highest BCUT2D eigenvalue weighted by Crippen LogP contribution is 2.37. The fraction of sp³-hybridized carbons (Fsp3) is 0.353. The summed E-state index contributed by atoms with van der Waals surface area (Å²) in [5.74, 6) is 0.389. The Morgan fingerprint density at radius 3 is 2.65 bits per heavy atom. The second-order valence-electron chi connectivity index (χ2n) is 11.9. The molecule has 9 nitrogen and oxygen atoms in total. The van der Waals surface area contributed by atoms with Crippen molar-refractivity contribution < 1.29 is 19.0 Å². The Morgan fingerprint density at radius 2 is 1.91 bits per heavy atom. The van der Waals surface area contributed by atoms with Gasteiger partial charge in [-0.3, -0.25) is 14.3 Å². The number of carboxylic acids is 1. The molecule has 1 fully saturated rings. The van der Waals surface area contributed by atoms with Crippen molar-refractivity contribution in [2.45, 2.75) is 52.4 Å². The van der Waals surface area contributed by atoms with Crippen LogP contribution in [0.2, 0.25) is 10.0 Å². The summed E-state index contributed by atoms with van der Waals surface area (Å²) in [4.78, 5) is 27.7. The first-order valence-corrected chi connectivity index (χ1v) is 16.0. The van der Waals surface area contributed by atoms with E-state index in [9.17, 15) is 14.3 Å². The van der Waals surface area contributed by atoms with Gasteiger partial charge >= 0.3 is 5.97 Å². The minimum Gasteiger partial charge on any atom is -0.486 e. The molecule has 1 aliphatic heterocycles. The number of imidazole rings is 2. The summed E-state index contributed by atoms with van der Waals surface area (Å²) in [5.41, 5.74) is 4.03. The van der Waals surface area contributed by atoms with Crippen LogP contribution in [0.3, 0.4) is 0 Å². The van der Waals surface area contributed by atoms with Crippen molar-refractivity contribution in [3.8, 4) is 5.75 Å². The number of hydrogen-bond acceptors (Lipinski definition) is 6. The van der Waals surface area contributed by atoms with E-state index in [0.717, 1.165) is 53.4 Å². The summed E-state index contributed by atoms with van der Waals surface area (Å²) in [6, 6.07) is 14.0. The highest BCUT2D eigenvalue weighted by atomic mass is 35.5.